The Labute approximate surface area is 142 Å². The maximum Gasteiger partial charge on any atom is 0.243 e. The van der Waals surface area contributed by atoms with Gasteiger partial charge in [0.2, 0.25) is 10.0 Å². The van der Waals surface area contributed by atoms with Gasteiger partial charge in [-0.25, -0.2) is 8.42 Å². The number of sulfonamides is 1. The zero-order valence-electron chi connectivity index (χ0n) is 14.0. The van der Waals surface area contributed by atoms with E-state index in [2.05, 4.69) is 4.90 Å². The van der Waals surface area contributed by atoms with Gasteiger partial charge < -0.3 is 14.6 Å². The largest absolute Gasteiger partial charge is 0.486 e. The van der Waals surface area contributed by atoms with Crippen molar-refractivity contribution < 1.29 is 23.0 Å². The second-order valence-electron chi connectivity index (χ2n) is 6.38. The summed E-state index contributed by atoms with van der Waals surface area (Å²) >= 11 is 0. The van der Waals surface area contributed by atoms with Crippen molar-refractivity contribution in [3.8, 4) is 11.5 Å². The smallest absolute Gasteiger partial charge is 0.243 e. The molecule has 0 unspecified atom stereocenters. The molecule has 0 aliphatic carbocycles. The summed E-state index contributed by atoms with van der Waals surface area (Å²) in [7, 11) is -3.59. The van der Waals surface area contributed by atoms with Gasteiger partial charge in [0, 0.05) is 38.3 Å². The number of aliphatic hydroxyl groups is 1. The Morgan fingerprint density at radius 2 is 1.96 bits per heavy atom. The molecule has 24 heavy (non-hydrogen) atoms. The number of ether oxygens (including phenoxy) is 2. The monoisotopic (exact) mass is 356 g/mol. The van der Waals surface area contributed by atoms with E-state index in [1.807, 2.05) is 6.92 Å². The highest BCUT2D eigenvalue weighted by Gasteiger charge is 2.34. The summed E-state index contributed by atoms with van der Waals surface area (Å²) in [6, 6.07) is 4.60. The van der Waals surface area contributed by atoms with Crippen LogP contribution in [0.15, 0.2) is 23.1 Å². The van der Waals surface area contributed by atoms with Crippen molar-refractivity contribution in [2.45, 2.75) is 30.9 Å². The Bertz CT molecular complexity index is 692. The Morgan fingerprint density at radius 3 is 2.62 bits per heavy atom. The van der Waals surface area contributed by atoms with Crippen LogP contribution in [-0.4, -0.2) is 74.3 Å². The SMILES string of the molecule is C[C@H](O)CN1CCN(S(=O)(=O)c2ccc3c(c2)OCCO3)[C@@H](C)C1. The van der Waals surface area contributed by atoms with Crippen molar-refractivity contribution in [1.29, 1.82) is 0 Å². The lowest BCUT2D eigenvalue weighted by Crippen LogP contribution is -2.54. The van der Waals surface area contributed by atoms with Crippen LogP contribution in [0.4, 0.5) is 0 Å². The molecule has 0 aromatic heterocycles. The van der Waals surface area contributed by atoms with Gasteiger partial charge in [-0.1, -0.05) is 0 Å². The quantitative estimate of drug-likeness (QED) is 0.848. The molecule has 0 bridgehead atoms. The number of hydrogen-bond donors (Lipinski definition) is 1. The molecule has 3 rings (SSSR count). The third-order valence-corrected chi connectivity index (χ3v) is 6.30. The molecule has 0 amide bonds. The van der Waals surface area contributed by atoms with Gasteiger partial charge in [0.05, 0.1) is 11.0 Å². The standard InChI is InChI=1S/C16H24N2O5S/c1-12-10-17(11-13(2)19)5-6-18(12)24(20,21)14-3-4-15-16(9-14)23-8-7-22-15/h3-4,9,12-13,19H,5-8,10-11H2,1-2H3/t12-,13-/m0/s1. The number of aliphatic hydroxyl groups excluding tert-OH is 1. The Balaban J connectivity index is 1.78. The zero-order valence-corrected chi connectivity index (χ0v) is 14.8. The summed E-state index contributed by atoms with van der Waals surface area (Å²) in [6.07, 6.45) is -0.418. The maximum absolute atomic E-state index is 13.0. The van der Waals surface area contributed by atoms with Gasteiger partial charge in [0.25, 0.3) is 0 Å². The minimum Gasteiger partial charge on any atom is -0.486 e. The molecule has 0 saturated carbocycles. The van der Waals surface area contributed by atoms with Gasteiger partial charge in [-0.2, -0.15) is 4.31 Å². The molecular formula is C16H24N2O5S. The molecule has 8 heteroatoms. The lowest BCUT2D eigenvalue weighted by molar-refractivity contribution is 0.0840. The predicted molar refractivity (Wildman–Crippen MR) is 88.9 cm³/mol. The van der Waals surface area contributed by atoms with Crippen LogP contribution in [0.5, 0.6) is 11.5 Å². The summed E-state index contributed by atoms with van der Waals surface area (Å²) in [5.41, 5.74) is 0. The van der Waals surface area contributed by atoms with Crippen LogP contribution in [0, 0.1) is 0 Å². The van der Waals surface area contributed by atoms with E-state index in [0.717, 1.165) is 0 Å². The first-order valence-corrected chi connectivity index (χ1v) is 9.64. The lowest BCUT2D eigenvalue weighted by atomic mass is 10.2. The van der Waals surface area contributed by atoms with E-state index in [1.54, 1.807) is 25.1 Å². The summed E-state index contributed by atoms with van der Waals surface area (Å²) in [5, 5.41) is 9.51. The number of fused-ring (bicyclic) bond motifs is 1. The Hall–Kier alpha value is -1.35. The first-order chi connectivity index (χ1) is 11.4. The molecule has 1 fully saturated rings. The van der Waals surface area contributed by atoms with Crippen molar-refractivity contribution in [3.63, 3.8) is 0 Å². The molecule has 2 heterocycles. The lowest BCUT2D eigenvalue weighted by Gasteiger charge is -2.39. The third-order valence-electron chi connectivity index (χ3n) is 4.29. The summed E-state index contributed by atoms with van der Waals surface area (Å²) < 4.78 is 38.4. The average molecular weight is 356 g/mol. The molecule has 0 spiro atoms. The number of hydrogen-bond acceptors (Lipinski definition) is 6. The van der Waals surface area contributed by atoms with Crippen molar-refractivity contribution >= 4 is 10.0 Å². The summed E-state index contributed by atoms with van der Waals surface area (Å²) in [4.78, 5) is 2.31. The van der Waals surface area contributed by atoms with Crippen molar-refractivity contribution in [1.82, 2.24) is 9.21 Å². The fourth-order valence-electron chi connectivity index (χ4n) is 3.23. The van der Waals surface area contributed by atoms with Gasteiger partial charge in [0.15, 0.2) is 11.5 Å². The van der Waals surface area contributed by atoms with E-state index in [0.29, 0.717) is 50.9 Å². The summed E-state index contributed by atoms with van der Waals surface area (Å²) in [5.74, 6) is 1.05. The normalized spacial score (nSPS) is 23.9. The van der Waals surface area contributed by atoms with Crippen molar-refractivity contribution in [2.24, 2.45) is 0 Å². The van der Waals surface area contributed by atoms with Gasteiger partial charge in [-0.15, -0.1) is 0 Å². The van der Waals surface area contributed by atoms with Crippen LogP contribution in [0.2, 0.25) is 0 Å². The van der Waals surface area contributed by atoms with E-state index >= 15 is 0 Å². The van der Waals surface area contributed by atoms with E-state index in [4.69, 9.17) is 9.47 Å². The first kappa shape index (κ1) is 17.5. The molecule has 0 radical (unpaired) electrons. The molecule has 1 saturated heterocycles. The van der Waals surface area contributed by atoms with Crippen LogP contribution in [-0.2, 0) is 10.0 Å². The highest BCUT2D eigenvalue weighted by atomic mass is 32.2. The maximum atomic E-state index is 13.0. The number of piperazine rings is 1. The fourth-order valence-corrected chi connectivity index (χ4v) is 4.86. The van der Waals surface area contributed by atoms with Crippen LogP contribution >= 0.6 is 0 Å². The first-order valence-electron chi connectivity index (χ1n) is 8.20. The van der Waals surface area contributed by atoms with Crippen LogP contribution in [0.3, 0.4) is 0 Å². The van der Waals surface area contributed by atoms with E-state index < -0.39 is 16.1 Å². The molecular weight excluding hydrogens is 332 g/mol. The molecule has 7 nitrogen and oxygen atoms in total. The van der Waals surface area contributed by atoms with Gasteiger partial charge in [-0.05, 0) is 26.0 Å². The molecule has 1 aromatic rings. The third kappa shape index (κ3) is 3.51. The molecule has 1 N–H and O–H groups in total. The van der Waals surface area contributed by atoms with E-state index in [-0.39, 0.29) is 10.9 Å². The van der Waals surface area contributed by atoms with E-state index in [9.17, 15) is 13.5 Å². The zero-order chi connectivity index (χ0) is 17.3. The number of rotatable bonds is 4. The highest BCUT2D eigenvalue weighted by Crippen LogP contribution is 2.33. The van der Waals surface area contributed by atoms with Crippen LogP contribution in [0.25, 0.3) is 0 Å². The molecule has 2 aliphatic rings. The second-order valence-corrected chi connectivity index (χ2v) is 8.27. The molecule has 134 valence electrons. The van der Waals surface area contributed by atoms with Crippen LogP contribution in [0.1, 0.15) is 13.8 Å². The van der Waals surface area contributed by atoms with Crippen molar-refractivity contribution in [2.75, 3.05) is 39.4 Å². The topological polar surface area (TPSA) is 79.3 Å². The van der Waals surface area contributed by atoms with Gasteiger partial charge in [-0.3, -0.25) is 4.90 Å². The number of nitrogens with zero attached hydrogens (tertiary/aromatic N) is 2. The van der Waals surface area contributed by atoms with Gasteiger partial charge >= 0.3 is 0 Å². The molecule has 2 aliphatic heterocycles. The van der Waals surface area contributed by atoms with Gasteiger partial charge in [0.1, 0.15) is 13.2 Å². The van der Waals surface area contributed by atoms with Crippen molar-refractivity contribution in [3.05, 3.63) is 18.2 Å². The average Bonchev–Trinajstić information content (AvgIpc) is 2.53. The molecule has 2 atom stereocenters. The second kappa shape index (κ2) is 6.87. The Kier molecular flexibility index (Phi) is 5.00. The highest BCUT2D eigenvalue weighted by molar-refractivity contribution is 7.89. The van der Waals surface area contributed by atoms with E-state index in [1.165, 1.54) is 4.31 Å². The molecule has 1 aromatic carbocycles. The minimum atomic E-state index is -3.59. The Morgan fingerprint density at radius 1 is 1.25 bits per heavy atom. The predicted octanol–water partition coefficient (Wildman–Crippen LogP) is 0.533. The number of benzene rings is 1. The van der Waals surface area contributed by atoms with Crippen LogP contribution < -0.4 is 9.47 Å². The minimum absolute atomic E-state index is 0.157. The number of β-amino-alcohol motifs (C(OH)–C–C–N with tert-alkyl or cyclic N) is 1. The summed E-state index contributed by atoms with van der Waals surface area (Å²) in [6.45, 7) is 6.71. The fraction of sp³-hybridized carbons (Fsp3) is 0.625.